The first-order valence-corrected chi connectivity index (χ1v) is 5.25. The number of thiophene rings is 1. The predicted octanol–water partition coefficient (Wildman–Crippen LogP) is 0.834. The van der Waals surface area contributed by atoms with Gasteiger partial charge in [-0.05, 0) is 0 Å². The molecule has 6 heteroatoms. The summed E-state index contributed by atoms with van der Waals surface area (Å²) in [4.78, 5) is 10.8. The van der Waals surface area contributed by atoms with Gasteiger partial charge in [0.05, 0.1) is 19.8 Å². The van der Waals surface area contributed by atoms with Gasteiger partial charge in [-0.1, -0.05) is 0 Å². The van der Waals surface area contributed by atoms with Gasteiger partial charge in [-0.25, -0.2) is 4.79 Å². The van der Waals surface area contributed by atoms with Crippen LogP contribution in [0.1, 0.15) is 9.67 Å². The number of hydrogen-bond acceptors (Lipinski definition) is 5. The van der Waals surface area contributed by atoms with E-state index in [1.54, 1.807) is 5.38 Å². The van der Waals surface area contributed by atoms with Crippen LogP contribution in [0.25, 0.3) is 0 Å². The fraction of sp³-hybridized carbons (Fsp3) is 0.444. The summed E-state index contributed by atoms with van der Waals surface area (Å²) < 4.78 is 10.2. The van der Waals surface area contributed by atoms with E-state index < -0.39 is 5.97 Å². The number of ether oxygens (including phenoxy) is 2. The Hall–Kier alpha value is -1.11. The van der Waals surface area contributed by atoms with Crippen molar-refractivity contribution in [3.63, 3.8) is 0 Å². The van der Waals surface area contributed by atoms with E-state index in [4.69, 9.17) is 19.7 Å². The molecule has 0 saturated carbocycles. The van der Waals surface area contributed by atoms with Gasteiger partial charge >= 0.3 is 5.97 Å². The molecule has 84 valence electrons. The van der Waals surface area contributed by atoms with Gasteiger partial charge in [0, 0.05) is 11.4 Å². The largest absolute Gasteiger partial charge is 0.490 e. The normalized spacial score (nSPS) is 10.2. The summed E-state index contributed by atoms with van der Waals surface area (Å²) in [5.41, 5.74) is 0. The molecular formula is C9H12O5S. The summed E-state index contributed by atoms with van der Waals surface area (Å²) in [6, 6.07) is 1.47. The zero-order chi connectivity index (χ0) is 11.1. The van der Waals surface area contributed by atoms with E-state index >= 15 is 0 Å². The Kier molecular flexibility index (Phi) is 5.09. The molecule has 0 aliphatic carbocycles. The third-order valence-corrected chi connectivity index (χ3v) is 2.41. The predicted molar refractivity (Wildman–Crippen MR) is 54.7 cm³/mol. The summed E-state index contributed by atoms with van der Waals surface area (Å²) in [6.07, 6.45) is 0. The van der Waals surface area contributed by atoms with E-state index in [-0.39, 0.29) is 18.1 Å². The molecule has 0 bridgehead atoms. The van der Waals surface area contributed by atoms with Gasteiger partial charge in [-0.15, -0.1) is 11.3 Å². The van der Waals surface area contributed by atoms with Gasteiger partial charge in [0.1, 0.15) is 17.2 Å². The second-order valence-electron chi connectivity index (χ2n) is 2.64. The lowest BCUT2D eigenvalue weighted by Gasteiger charge is -2.03. The van der Waals surface area contributed by atoms with Crippen LogP contribution in [-0.4, -0.2) is 42.6 Å². The highest BCUT2D eigenvalue weighted by molar-refractivity contribution is 7.12. The first-order chi connectivity index (χ1) is 7.24. The quantitative estimate of drug-likeness (QED) is 0.681. The molecule has 15 heavy (non-hydrogen) atoms. The smallest absolute Gasteiger partial charge is 0.346 e. The molecule has 0 aromatic carbocycles. The first-order valence-electron chi connectivity index (χ1n) is 4.37. The van der Waals surface area contributed by atoms with E-state index in [1.165, 1.54) is 6.07 Å². The van der Waals surface area contributed by atoms with Crippen LogP contribution in [0.15, 0.2) is 11.4 Å². The van der Waals surface area contributed by atoms with E-state index in [0.717, 1.165) is 11.3 Å². The Bertz CT molecular complexity index is 309. The molecule has 5 nitrogen and oxygen atoms in total. The molecule has 0 radical (unpaired) electrons. The van der Waals surface area contributed by atoms with Crippen molar-refractivity contribution < 1.29 is 24.5 Å². The lowest BCUT2D eigenvalue weighted by atomic mass is 10.4. The van der Waals surface area contributed by atoms with Crippen LogP contribution in [0, 0.1) is 0 Å². The maximum absolute atomic E-state index is 10.5. The summed E-state index contributed by atoms with van der Waals surface area (Å²) >= 11 is 1.12. The molecule has 1 heterocycles. The Morgan fingerprint density at radius 3 is 2.80 bits per heavy atom. The van der Waals surface area contributed by atoms with Gasteiger partial charge in [0.15, 0.2) is 0 Å². The molecule has 1 rings (SSSR count). The Morgan fingerprint density at radius 1 is 1.40 bits per heavy atom. The Morgan fingerprint density at radius 2 is 2.20 bits per heavy atom. The van der Waals surface area contributed by atoms with E-state index in [1.807, 2.05) is 0 Å². The highest BCUT2D eigenvalue weighted by Gasteiger charge is 2.06. The van der Waals surface area contributed by atoms with Gasteiger partial charge in [-0.2, -0.15) is 0 Å². The van der Waals surface area contributed by atoms with Crippen LogP contribution in [0.2, 0.25) is 0 Å². The second kappa shape index (κ2) is 6.39. The van der Waals surface area contributed by atoms with Crippen molar-refractivity contribution in [2.24, 2.45) is 0 Å². The van der Waals surface area contributed by atoms with Crippen LogP contribution in [0.4, 0.5) is 0 Å². The van der Waals surface area contributed by atoms with E-state index in [2.05, 4.69) is 0 Å². The highest BCUT2D eigenvalue weighted by Crippen LogP contribution is 2.21. The average molecular weight is 232 g/mol. The third-order valence-electron chi connectivity index (χ3n) is 1.52. The van der Waals surface area contributed by atoms with Crippen molar-refractivity contribution >= 4 is 17.3 Å². The number of aliphatic hydroxyl groups excluding tert-OH is 1. The highest BCUT2D eigenvalue weighted by atomic mass is 32.1. The minimum Gasteiger partial charge on any atom is -0.490 e. The van der Waals surface area contributed by atoms with Crippen molar-refractivity contribution in [2.45, 2.75) is 0 Å². The zero-order valence-electron chi connectivity index (χ0n) is 8.01. The monoisotopic (exact) mass is 232 g/mol. The summed E-state index contributed by atoms with van der Waals surface area (Å²) in [7, 11) is 0. The van der Waals surface area contributed by atoms with Gasteiger partial charge in [-0.3, -0.25) is 0 Å². The van der Waals surface area contributed by atoms with Crippen LogP contribution < -0.4 is 4.74 Å². The van der Waals surface area contributed by atoms with Gasteiger partial charge in [0.25, 0.3) is 0 Å². The van der Waals surface area contributed by atoms with Crippen LogP contribution in [-0.2, 0) is 4.74 Å². The molecule has 0 saturated heterocycles. The first kappa shape index (κ1) is 12.0. The number of aromatic carboxylic acids is 1. The van der Waals surface area contributed by atoms with Crippen molar-refractivity contribution in [1.82, 2.24) is 0 Å². The number of hydrogen-bond donors (Lipinski definition) is 2. The number of aliphatic hydroxyl groups is 1. The minimum absolute atomic E-state index is 0.0123. The molecule has 0 aliphatic rings. The fourth-order valence-corrected chi connectivity index (χ4v) is 1.56. The molecule has 1 aromatic heterocycles. The number of carboxylic acids is 1. The van der Waals surface area contributed by atoms with Crippen molar-refractivity contribution in [1.29, 1.82) is 0 Å². The minimum atomic E-state index is -0.952. The number of carbonyl (C=O) groups is 1. The molecule has 2 N–H and O–H groups in total. The molecule has 0 amide bonds. The average Bonchev–Trinajstić information content (AvgIpc) is 2.66. The fourth-order valence-electron chi connectivity index (χ4n) is 0.892. The molecule has 1 aromatic rings. The summed E-state index contributed by atoms with van der Waals surface area (Å²) in [5, 5.41) is 18.7. The Balaban J connectivity index is 2.23. The van der Waals surface area contributed by atoms with Crippen molar-refractivity contribution in [3.05, 3.63) is 16.3 Å². The molecule has 0 spiro atoms. The number of rotatable bonds is 7. The Labute approximate surface area is 90.9 Å². The topological polar surface area (TPSA) is 76.0 Å². The van der Waals surface area contributed by atoms with Crippen LogP contribution >= 0.6 is 11.3 Å². The lowest BCUT2D eigenvalue weighted by molar-refractivity contribution is 0.0693. The molecule has 0 atom stereocenters. The van der Waals surface area contributed by atoms with Crippen LogP contribution in [0.5, 0.6) is 5.75 Å². The number of carboxylic acid groups (broad SMARTS) is 1. The van der Waals surface area contributed by atoms with E-state index in [0.29, 0.717) is 19.0 Å². The maximum Gasteiger partial charge on any atom is 0.346 e. The molecule has 0 aliphatic heterocycles. The summed E-state index contributed by atoms with van der Waals surface area (Å²) in [5.74, 6) is -0.420. The van der Waals surface area contributed by atoms with Crippen molar-refractivity contribution in [3.8, 4) is 5.75 Å². The second-order valence-corrected chi connectivity index (χ2v) is 3.55. The van der Waals surface area contributed by atoms with Crippen LogP contribution in [0.3, 0.4) is 0 Å². The van der Waals surface area contributed by atoms with Gasteiger partial charge in [0.2, 0.25) is 0 Å². The van der Waals surface area contributed by atoms with Crippen molar-refractivity contribution in [2.75, 3.05) is 26.4 Å². The maximum atomic E-state index is 10.5. The van der Waals surface area contributed by atoms with Gasteiger partial charge < -0.3 is 19.7 Å². The molecule has 0 unspecified atom stereocenters. The molecular weight excluding hydrogens is 220 g/mol. The zero-order valence-corrected chi connectivity index (χ0v) is 8.83. The summed E-state index contributed by atoms with van der Waals surface area (Å²) in [6.45, 7) is 0.990. The lowest BCUT2D eigenvalue weighted by Crippen LogP contribution is -2.08. The third kappa shape index (κ3) is 4.28. The SMILES string of the molecule is O=C(O)c1cc(OCCOCCO)cs1. The van der Waals surface area contributed by atoms with E-state index in [9.17, 15) is 4.79 Å². The molecule has 0 fully saturated rings. The standard InChI is InChI=1S/C9H12O5S/c10-1-2-13-3-4-14-7-5-8(9(11)12)15-6-7/h5-6,10H,1-4H2,(H,11,12).